The summed E-state index contributed by atoms with van der Waals surface area (Å²) in [5.41, 5.74) is 1.77. The van der Waals surface area contributed by atoms with Crippen molar-refractivity contribution in [3.05, 3.63) is 41.4 Å². The number of nitrogens with one attached hydrogen (secondary N) is 2. The van der Waals surface area contributed by atoms with E-state index >= 15 is 0 Å². The summed E-state index contributed by atoms with van der Waals surface area (Å²) in [6.45, 7) is 2.82. The standard InChI is InChI=1S/C19H25N3O2S.ClH/c1-24-14-19(8-11-20-12-9-19)18(23)21-10-7-16-13-25-17(22-16)15-5-3-2-4-6-15;/h2-6,13,20H,7-12,14H2,1H3,(H,21,23);1H. The van der Waals surface area contributed by atoms with Crippen molar-refractivity contribution in [2.45, 2.75) is 19.3 Å². The summed E-state index contributed by atoms with van der Waals surface area (Å²) in [6.07, 6.45) is 2.39. The minimum absolute atomic E-state index is 0. The Kier molecular flexibility index (Phi) is 8.03. The second kappa shape index (κ2) is 10.0. The third kappa shape index (κ3) is 5.04. The van der Waals surface area contributed by atoms with Gasteiger partial charge in [-0.1, -0.05) is 30.3 Å². The number of rotatable bonds is 7. The number of ether oxygens (including phenoxy) is 1. The maximum atomic E-state index is 12.7. The molecule has 2 heterocycles. The third-order valence-electron chi connectivity index (χ3n) is 4.70. The number of benzene rings is 1. The van der Waals surface area contributed by atoms with Crippen molar-refractivity contribution in [2.75, 3.05) is 33.4 Å². The minimum Gasteiger partial charge on any atom is -0.384 e. The van der Waals surface area contributed by atoms with Crippen molar-refractivity contribution < 1.29 is 9.53 Å². The Morgan fingerprint density at radius 1 is 1.31 bits per heavy atom. The lowest BCUT2D eigenvalue weighted by molar-refractivity contribution is -0.136. The minimum atomic E-state index is -0.392. The van der Waals surface area contributed by atoms with Gasteiger partial charge in [-0.05, 0) is 25.9 Å². The molecule has 142 valence electrons. The summed E-state index contributed by atoms with van der Waals surface area (Å²) in [4.78, 5) is 17.4. The van der Waals surface area contributed by atoms with Crippen LogP contribution in [0.1, 0.15) is 18.5 Å². The molecule has 1 amide bonds. The topological polar surface area (TPSA) is 63.2 Å². The van der Waals surface area contributed by atoms with Crippen LogP contribution in [0.15, 0.2) is 35.7 Å². The summed E-state index contributed by atoms with van der Waals surface area (Å²) in [6, 6.07) is 10.2. The van der Waals surface area contributed by atoms with Gasteiger partial charge < -0.3 is 15.4 Å². The molecule has 1 aromatic heterocycles. The van der Waals surface area contributed by atoms with Crippen LogP contribution in [0.2, 0.25) is 0 Å². The molecular weight excluding hydrogens is 370 g/mol. The average Bonchev–Trinajstić information content (AvgIpc) is 3.12. The molecule has 7 heteroatoms. The van der Waals surface area contributed by atoms with Crippen LogP contribution in [0.4, 0.5) is 0 Å². The van der Waals surface area contributed by atoms with E-state index in [1.807, 2.05) is 18.2 Å². The van der Waals surface area contributed by atoms with Crippen LogP contribution in [-0.2, 0) is 16.0 Å². The van der Waals surface area contributed by atoms with Crippen LogP contribution >= 0.6 is 23.7 Å². The Morgan fingerprint density at radius 3 is 2.73 bits per heavy atom. The number of carbonyl (C=O) groups excluding carboxylic acids is 1. The van der Waals surface area contributed by atoms with Crippen molar-refractivity contribution in [3.63, 3.8) is 0 Å². The van der Waals surface area contributed by atoms with Gasteiger partial charge in [0.2, 0.25) is 5.91 Å². The van der Waals surface area contributed by atoms with E-state index in [0.717, 1.165) is 48.6 Å². The van der Waals surface area contributed by atoms with Crippen molar-refractivity contribution in [2.24, 2.45) is 5.41 Å². The Bertz CT molecular complexity index is 682. The van der Waals surface area contributed by atoms with E-state index in [1.165, 1.54) is 0 Å². The highest BCUT2D eigenvalue weighted by molar-refractivity contribution is 7.13. The van der Waals surface area contributed by atoms with E-state index in [4.69, 9.17) is 4.74 Å². The molecule has 0 atom stereocenters. The lowest BCUT2D eigenvalue weighted by Crippen LogP contribution is -2.50. The molecule has 0 aliphatic carbocycles. The summed E-state index contributed by atoms with van der Waals surface area (Å²) >= 11 is 1.64. The largest absolute Gasteiger partial charge is 0.384 e. The lowest BCUT2D eigenvalue weighted by atomic mass is 9.78. The molecular formula is C19H26ClN3O2S. The van der Waals surface area contributed by atoms with Crippen LogP contribution in [0, 0.1) is 5.41 Å². The molecule has 26 heavy (non-hydrogen) atoms. The zero-order chi connectivity index (χ0) is 17.5. The van der Waals surface area contributed by atoms with Gasteiger partial charge in [0.1, 0.15) is 5.01 Å². The Hall–Kier alpha value is -1.47. The number of hydrogen-bond donors (Lipinski definition) is 2. The molecule has 1 aliphatic rings. The summed E-state index contributed by atoms with van der Waals surface area (Å²) in [5, 5.41) is 9.50. The fraction of sp³-hybridized carbons (Fsp3) is 0.474. The molecule has 0 radical (unpaired) electrons. The highest BCUT2D eigenvalue weighted by atomic mass is 35.5. The van der Waals surface area contributed by atoms with Crippen LogP contribution in [0.5, 0.6) is 0 Å². The van der Waals surface area contributed by atoms with Crippen LogP contribution in [0.3, 0.4) is 0 Å². The summed E-state index contributed by atoms with van der Waals surface area (Å²) < 4.78 is 5.32. The molecule has 1 aromatic carbocycles. The molecule has 1 fully saturated rings. The van der Waals surface area contributed by atoms with Gasteiger partial charge in [0.05, 0.1) is 17.7 Å². The molecule has 0 unspecified atom stereocenters. The smallest absolute Gasteiger partial charge is 0.228 e. The summed E-state index contributed by atoms with van der Waals surface area (Å²) in [7, 11) is 1.66. The zero-order valence-electron chi connectivity index (χ0n) is 15.0. The van der Waals surface area contributed by atoms with Crippen molar-refractivity contribution >= 4 is 29.7 Å². The monoisotopic (exact) mass is 395 g/mol. The number of hydrogen-bond acceptors (Lipinski definition) is 5. The molecule has 0 bridgehead atoms. The Balaban J connectivity index is 0.00000243. The second-order valence-electron chi connectivity index (χ2n) is 6.48. The maximum Gasteiger partial charge on any atom is 0.228 e. The maximum absolute atomic E-state index is 12.7. The van der Waals surface area contributed by atoms with Gasteiger partial charge in [0, 0.05) is 31.0 Å². The zero-order valence-corrected chi connectivity index (χ0v) is 16.6. The number of piperidine rings is 1. The lowest BCUT2D eigenvalue weighted by Gasteiger charge is -2.35. The molecule has 2 N–H and O–H groups in total. The third-order valence-corrected chi connectivity index (χ3v) is 5.64. The van der Waals surface area contributed by atoms with Gasteiger partial charge in [0.15, 0.2) is 0 Å². The molecule has 3 rings (SSSR count). The highest BCUT2D eigenvalue weighted by Gasteiger charge is 2.39. The Labute approximate surface area is 165 Å². The number of nitrogens with zero attached hydrogens (tertiary/aromatic N) is 1. The molecule has 5 nitrogen and oxygen atoms in total. The van der Waals surface area contributed by atoms with Crippen molar-refractivity contribution in [3.8, 4) is 10.6 Å². The first kappa shape index (κ1) is 20.8. The number of carbonyl (C=O) groups is 1. The van der Waals surface area contributed by atoms with Gasteiger partial charge in [-0.2, -0.15) is 0 Å². The van der Waals surface area contributed by atoms with Gasteiger partial charge in [-0.3, -0.25) is 4.79 Å². The van der Waals surface area contributed by atoms with Gasteiger partial charge in [-0.25, -0.2) is 4.98 Å². The normalized spacial score (nSPS) is 15.9. The first-order valence-electron chi connectivity index (χ1n) is 8.71. The molecule has 2 aromatic rings. The number of halogens is 1. The first-order valence-corrected chi connectivity index (χ1v) is 9.59. The highest BCUT2D eigenvalue weighted by Crippen LogP contribution is 2.29. The van der Waals surface area contributed by atoms with Crippen LogP contribution in [-0.4, -0.2) is 44.2 Å². The SMILES string of the molecule is COCC1(C(=O)NCCc2csc(-c3ccccc3)n2)CCNCC1.Cl. The quantitative estimate of drug-likeness (QED) is 0.756. The molecule has 1 aliphatic heterocycles. The van der Waals surface area contributed by atoms with Crippen molar-refractivity contribution in [1.29, 1.82) is 0 Å². The number of amides is 1. The van der Waals surface area contributed by atoms with Crippen LogP contribution < -0.4 is 10.6 Å². The van der Waals surface area contributed by atoms with E-state index < -0.39 is 5.41 Å². The fourth-order valence-electron chi connectivity index (χ4n) is 3.25. The fourth-order valence-corrected chi connectivity index (χ4v) is 4.11. The second-order valence-corrected chi connectivity index (χ2v) is 7.34. The van der Waals surface area contributed by atoms with Crippen LogP contribution in [0.25, 0.3) is 10.6 Å². The average molecular weight is 396 g/mol. The van der Waals surface area contributed by atoms with E-state index in [1.54, 1.807) is 18.4 Å². The predicted octanol–water partition coefficient (Wildman–Crippen LogP) is 2.91. The van der Waals surface area contributed by atoms with Crippen molar-refractivity contribution in [1.82, 2.24) is 15.6 Å². The number of thiazole rings is 1. The number of aromatic nitrogens is 1. The predicted molar refractivity (Wildman–Crippen MR) is 108 cm³/mol. The van der Waals surface area contributed by atoms with E-state index in [-0.39, 0.29) is 18.3 Å². The molecule has 0 saturated carbocycles. The first-order chi connectivity index (χ1) is 12.2. The van der Waals surface area contributed by atoms with Gasteiger partial charge >= 0.3 is 0 Å². The van der Waals surface area contributed by atoms with Gasteiger partial charge in [-0.15, -0.1) is 23.7 Å². The molecule has 1 saturated heterocycles. The molecule has 0 spiro atoms. The van der Waals surface area contributed by atoms with E-state index in [2.05, 4.69) is 33.1 Å². The number of methoxy groups -OCH3 is 1. The van der Waals surface area contributed by atoms with Gasteiger partial charge in [0.25, 0.3) is 0 Å². The summed E-state index contributed by atoms with van der Waals surface area (Å²) in [5.74, 6) is 0.106. The Morgan fingerprint density at radius 2 is 2.04 bits per heavy atom. The van der Waals surface area contributed by atoms with E-state index in [0.29, 0.717) is 13.2 Å². The van der Waals surface area contributed by atoms with E-state index in [9.17, 15) is 4.79 Å².